The van der Waals surface area contributed by atoms with Crippen LogP contribution in [0.5, 0.6) is 0 Å². The van der Waals surface area contributed by atoms with Gasteiger partial charge in [-0.15, -0.1) is 0 Å². The first-order valence-electron chi connectivity index (χ1n) is 8.63. The summed E-state index contributed by atoms with van der Waals surface area (Å²) in [5.41, 5.74) is 1.63. The van der Waals surface area contributed by atoms with Gasteiger partial charge in [0.05, 0.1) is 31.1 Å². The minimum absolute atomic E-state index is 0.0400. The van der Waals surface area contributed by atoms with Crippen molar-refractivity contribution in [2.24, 2.45) is 7.05 Å². The number of amides is 2. The smallest absolute Gasteiger partial charge is 0.352 e. The molecule has 0 aromatic carbocycles. The van der Waals surface area contributed by atoms with Gasteiger partial charge in [0, 0.05) is 32.4 Å². The molecule has 9 nitrogen and oxygen atoms in total. The van der Waals surface area contributed by atoms with Gasteiger partial charge < -0.3 is 15.2 Å². The lowest BCUT2D eigenvalue weighted by atomic mass is 10.2. The number of carbonyl (C=O) groups is 2. The molecule has 2 amide bonds. The molecule has 0 aliphatic heterocycles. The van der Waals surface area contributed by atoms with E-state index >= 15 is 0 Å². The fourth-order valence-electron chi connectivity index (χ4n) is 2.53. The predicted molar refractivity (Wildman–Crippen MR) is 94.5 cm³/mol. The van der Waals surface area contributed by atoms with Crippen molar-refractivity contribution in [3.05, 3.63) is 47.9 Å². The first kappa shape index (κ1) is 20.3. The number of imidazole rings is 2. The zero-order chi connectivity index (χ0) is 21.0. The summed E-state index contributed by atoms with van der Waals surface area (Å²) >= 11 is 0. The second-order valence-corrected chi connectivity index (χ2v) is 6.34. The highest BCUT2D eigenvalue weighted by molar-refractivity contribution is 5.90. The summed E-state index contributed by atoms with van der Waals surface area (Å²) in [5, 5.41) is 9.28. The lowest BCUT2D eigenvalue weighted by Crippen LogP contribution is -2.25. The molecule has 0 spiro atoms. The molecule has 3 aromatic rings. The van der Waals surface area contributed by atoms with Gasteiger partial charge in [0.1, 0.15) is 0 Å². The number of hydrogen-bond donors (Lipinski definition) is 2. The Hall–Kier alpha value is -3.44. The second kappa shape index (κ2) is 8.29. The topological polar surface area (TPSA) is 106 Å². The average Bonchev–Trinajstić information content (AvgIpc) is 3.27. The first-order valence-corrected chi connectivity index (χ1v) is 8.63. The van der Waals surface area contributed by atoms with Gasteiger partial charge in [-0.2, -0.15) is 18.3 Å². The van der Waals surface area contributed by atoms with Gasteiger partial charge in [0.25, 0.3) is 5.91 Å². The van der Waals surface area contributed by atoms with E-state index in [4.69, 9.17) is 0 Å². The maximum absolute atomic E-state index is 12.1. The van der Waals surface area contributed by atoms with Crippen LogP contribution in [-0.2, 0) is 24.9 Å². The summed E-state index contributed by atoms with van der Waals surface area (Å²) in [6, 6.07) is 1.65. The van der Waals surface area contributed by atoms with Crippen LogP contribution in [0.3, 0.4) is 0 Å². The second-order valence-electron chi connectivity index (χ2n) is 6.34. The maximum atomic E-state index is 12.1. The summed E-state index contributed by atoms with van der Waals surface area (Å²) in [5.74, 6) is -0.761. The van der Waals surface area contributed by atoms with Gasteiger partial charge in [-0.1, -0.05) is 0 Å². The van der Waals surface area contributed by atoms with Gasteiger partial charge in [-0.25, -0.2) is 14.5 Å². The van der Waals surface area contributed by atoms with E-state index in [1.165, 1.54) is 16.9 Å². The van der Waals surface area contributed by atoms with Crippen LogP contribution in [0.1, 0.15) is 34.7 Å². The van der Waals surface area contributed by atoms with Crippen LogP contribution in [0, 0.1) is 0 Å². The minimum atomic E-state index is -4.37. The summed E-state index contributed by atoms with van der Waals surface area (Å²) in [4.78, 5) is 31.9. The highest BCUT2D eigenvalue weighted by atomic mass is 19.4. The Kier molecular flexibility index (Phi) is 5.80. The van der Waals surface area contributed by atoms with Crippen LogP contribution in [0.2, 0.25) is 0 Å². The highest BCUT2D eigenvalue weighted by Crippen LogP contribution is 2.21. The molecular formula is C17H18F3N7O2. The Labute approximate surface area is 162 Å². The third-order valence-corrected chi connectivity index (χ3v) is 4.01. The molecule has 2 N–H and O–H groups in total. The van der Waals surface area contributed by atoms with E-state index in [1.807, 2.05) is 0 Å². The molecule has 29 heavy (non-hydrogen) atoms. The first-order chi connectivity index (χ1) is 13.7. The number of fused-ring (bicyclic) bond motifs is 1. The Morgan fingerprint density at radius 1 is 1.21 bits per heavy atom. The number of carbonyl (C=O) groups excluding carboxylic acids is 2. The third-order valence-electron chi connectivity index (χ3n) is 4.01. The largest absolute Gasteiger partial charge is 0.389 e. The molecule has 0 unspecified atom stereocenters. The monoisotopic (exact) mass is 409 g/mol. The number of rotatable bonds is 7. The summed E-state index contributed by atoms with van der Waals surface area (Å²) < 4.78 is 39.5. The van der Waals surface area contributed by atoms with Crippen LogP contribution in [-0.4, -0.2) is 42.1 Å². The Morgan fingerprint density at radius 3 is 2.69 bits per heavy atom. The van der Waals surface area contributed by atoms with Gasteiger partial charge in [-0.05, 0) is 11.6 Å². The summed E-state index contributed by atoms with van der Waals surface area (Å²) in [6.45, 7) is 0.205. The summed E-state index contributed by atoms with van der Waals surface area (Å²) in [7, 11) is 1.71. The number of alkyl halides is 3. The van der Waals surface area contributed by atoms with E-state index in [9.17, 15) is 22.8 Å². The van der Waals surface area contributed by atoms with E-state index < -0.39 is 24.9 Å². The van der Waals surface area contributed by atoms with Crippen molar-refractivity contribution < 1.29 is 22.8 Å². The van der Waals surface area contributed by atoms with Gasteiger partial charge in [-0.3, -0.25) is 9.59 Å². The fraction of sp³-hybridized carbons (Fsp3) is 0.353. The number of nitrogens with zero attached hydrogens (tertiary/aromatic N) is 5. The zero-order valence-corrected chi connectivity index (χ0v) is 15.4. The molecule has 0 saturated heterocycles. The van der Waals surface area contributed by atoms with E-state index in [2.05, 4.69) is 25.7 Å². The van der Waals surface area contributed by atoms with Crippen molar-refractivity contribution in [1.82, 2.24) is 34.8 Å². The normalized spacial score (nSPS) is 11.6. The number of hydrogen-bond acceptors (Lipinski definition) is 5. The van der Waals surface area contributed by atoms with Crippen molar-refractivity contribution in [2.75, 3.05) is 0 Å². The Bertz CT molecular complexity index is 1030. The molecule has 3 rings (SSSR count). The lowest BCUT2D eigenvalue weighted by molar-refractivity contribution is -0.144. The van der Waals surface area contributed by atoms with Gasteiger partial charge in [0.15, 0.2) is 11.5 Å². The molecule has 0 aliphatic rings. The SMILES string of the molecule is Cn1ccnc1C(=O)NCc1cn2ncc(CNC(=O)CCC(F)(F)F)cc2n1. The van der Waals surface area contributed by atoms with Crippen LogP contribution < -0.4 is 10.6 Å². The molecule has 12 heteroatoms. The molecule has 154 valence electrons. The molecule has 0 fully saturated rings. The molecule has 3 heterocycles. The Morgan fingerprint density at radius 2 is 2.00 bits per heavy atom. The van der Waals surface area contributed by atoms with Gasteiger partial charge >= 0.3 is 6.18 Å². The van der Waals surface area contributed by atoms with Crippen molar-refractivity contribution >= 4 is 17.5 Å². The third kappa shape index (κ3) is 5.53. The molecule has 0 bridgehead atoms. The fourth-order valence-corrected chi connectivity index (χ4v) is 2.53. The van der Waals surface area contributed by atoms with Crippen LogP contribution in [0.15, 0.2) is 30.9 Å². The van der Waals surface area contributed by atoms with Crippen molar-refractivity contribution in [3.63, 3.8) is 0 Å². The van der Waals surface area contributed by atoms with Crippen molar-refractivity contribution in [2.45, 2.75) is 32.1 Å². The van der Waals surface area contributed by atoms with Crippen molar-refractivity contribution in [3.8, 4) is 0 Å². The van der Waals surface area contributed by atoms with Crippen LogP contribution >= 0.6 is 0 Å². The van der Waals surface area contributed by atoms with E-state index in [0.717, 1.165) is 0 Å². The van der Waals surface area contributed by atoms with E-state index in [-0.39, 0.29) is 24.8 Å². The number of aromatic nitrogens is 5. The molecule has 0 aliphatic carbocycles. The molecule has 0 radical (unpaired) electrons. The zero-order valence-electron chi connectivity index (χ0n) is 15.4. The highest BCUT2D eigenvalue weighted by Gasteiger charge is 2.27. The molecular weight excluding hydrogens is 391 g/mol. The van der Waals surface area contributed by atoms with Gasteiger partial charge in [0.2, 0.25) is 5.91 Å². The molecule has 0 saturated carbocycles. The van der Waals surface area contributed by atoms with Crippen LogP contribution in [0.25, 0.3) is 5.65 Å². The lowest BCUT2D eigenvalue weighted by Gasteiger charge is -2.07. The number of aryl methyl sites for hydroxylation is 1. The maximum Gasteiger partial charge on any atom is 0.389 e. The van der Waals surface area contributed by atoms with E-state index in [1.54, 1.807) is 30.1 Å². The molecule has 0 atom stereocenters. The Balaban J connectivity index is 1.56. The predicted octanol–water partition coefficient (Wildman–Crippen LogP) is 1.35. The quantitative estimate of drug-likeness (QED) is 0.613. The average molecular weight is 409 g/mol. The van der Waals surface area contributed by atoms with Crippen molar-refractivity contribution in [1.29, 1.82) is 0 Å². The number of nitrogens with one attached hydrogen (secondary N) is 2. The summed E-state index contributed by atoms with van der Waals surface area (Å²) in [6.07, 6.45) is 0.150. The van der Waals surface area contributed by atoms with Crippen LogP contribution in [0.4, 0.5) is 13.2 Å². The number of halogens is 3. The minimum Gasteiger partial charge on any atom is -0.352 e. The standard InChI is InChI=1S/C17H18F3N7O2/c1-26-5-4-21-15(26)16(29)23-9-12-10-27-13(25-12)6-11(8-24-27)7-22-14(28)2-3-17(18,19)20/h4-6,8,10H,2-3,7,9H2,1H3,(H,22,28)(H,23,29). The molecule has 3 aromatic heterocycles. The van der Waals surface area contributed by atoms with E-state index in [0.29, 0.717) is 16.9 Å².